The lowest BCUT2D eigenvalue weighted by atomic mass is 9.80. The van der Waals surface area contributed by atoms with E-state index in [0.29, 0.717) is 5.46 Å². The van der Waals surface area contributed by atoms with Gasteiger partial charge in [-0.25, -0.2) is 0 Å². The van der Waals surface area contributed by atoms with Gasteiger partial charge >= 0.3 is 7.12 Å². The first-order chi connectivity index (χ1) is 7.24. The Hall–Kier alpha value is -0.835. The molecule has 0 saturated heterocycles. The van der Waals surface area contributed by atoms with Crippen molar-refractivity contribution in [2.24, 2.45) is 0 Å². The van der Waals surface area contributed by atoms with E-state index in [-0.39, 0.29) is 0 Å². The second-order valence-electron chi connectivity index (χ2n) is 3.42. The summed E-state index contributed by atoms with van der Waals surface area (Å²) in [6, 6.07) is 7.31. The molecule has 2 N–H and O–H groups in total. The Morgan fingerprint density at radius 3 is 2.40 bits per heavy atom. The van der Waals surface area contributed by atoms with Crippen LogP contribution in [-0.2, 0) is 11.2 Å². The van der Waals surface area contributed by atoms with Gasteiger partial charge in [-0.3, -0.25) is 0 Å². The van der Waals surface area contributed by atoms with Gasteiger partial charge in [-0.1, -0.05) is 24.3 Å². The van der Waals surface area contributed by atoms with E-state index in [1.807, 2.05) is 19.1 Å². The minimum atomic E-state index is -1.37. The van der Waals surface area contributed by atoms with Crippen molar-refractivity contribution in [2.45, 2.75) is 19.8 Å². The summed E-state index contributed by atoms with van der Waals surface area (Å²) in [5.41, 5.74) is 1.72. The predicted octanol–water partition coefficient (Wildman–Crippen LogP) is 0.336. The summed E-state index contributed by atoms with van der Waals surface area (Å²) in [7, 11) is -1.37. The van der Waals surface area contributed by atoms with E-state index in [0.717, 1.165) is 26.1 Å². The topological polar surface area (TPSA) is 49.7 Å². The predicted molar refractivity (Wildman–Crippen MR) is 61.1 cm³/mol. The molecule has 0 radical (unpaired) electrons. The number of benzene rings is 1. The molecule has 1 aromatic rings. The Morgan fingerprint density at radius 1 is 1.20 bits per heavy atom. The largest absolute Gasteiger partial charge is 0.488 e. The molecule has 0 spiro atoms. The van der Waals surface area contributed by atoms with Crippen molar-refractivity contribution < 1.29 is 14.8 Å². The molecule has 0 aromatic heterocycles. The van der Waals surface area contributed by atoms with E-state index in [2.05, 4.69) is 0 Å². The van der Waals surface area contributed by atoms with Crippen LogP contribution in [0.5, 0.6) is 0 Å². The molecule has 1 aromatic carbocycles. The van der Waals surface area contributed by atoms with Crippen LogP contribution in [0, 0.1) is 0 Å². The van der Waals surface area contributed by atoms with E-state index < -0.39 is 7.12 Å². The monoisotopic (exact) mass is 208 g/mol. The van der Waals surface area contributed by atoms with Gasteiger partial charge in [-0.05, 0) is 30.8 Å². The van der Waals surface area contributed by atoms with Crippen LogP contribution in [0.2, 0.25) is 0 Å². The van der Waals surface area contributed by atoms with Crippen LogP contribution < -0.4 is 5.46 Å². The molecular formula is C11H17BO3. The summed E-state index contributed by atoms with van der Waals surface area (Å²) < 4.78 is 5.24. The van der Waals surface area contributed by atoms with Crippen LogP contribution in [0.3, 0.4) is 0 Å². The minimum Gasteiger partial charge on any atom is -0.423 e. The van der Waals surface area contributed by atoms with E-state index in [4.69, 9.17) is 14.8 Å². The molecular weight excluding hydrogens is 191 g/mol. The van der Waals surface area contributed by atoms with Gasteiger partial charge in [0.15, 0.2) is 0 Å². The van der Waals surface area contributed by atoms with Crippen LogP contribution in [0.25, 0.3) is 0 Å². The fourth-order valence-corrected chi connectivity index (χ4v) is 1.38. The van der Waals surface area contributed by atoms with Crippen molar-refractivity contribution in [3.63, 3.8) is 0 Å². The molecule has 0 heterocycles. The fraction of sp³-hybridized carbons (Fsp3) is 0.455. The van der Waals surface area contributed by atoms with Crippen molar-refractivity contribution in [2.75, 3.05) is 13.2 Å². The van der Waals surface area contributed by atoms with Crippen LogP contribution in [-0.4, -0.2) is 30.4 Å². The Labute approximate surface area is 90.9 Å². The first kappa shape index (κ1) is 12.2. The molecule has 1 rings (SSSR count). The first-order valence-electron chi connectivity index (χ1n) is 5.26. The number of rotatable bonds is 6. The minimum absolute atomic E-state index is 0.531. The molecule has 0 aliphatic rings. The highest BCUT2D eigenvalue weighted by Gasteiger charge is 2.09. The van der Waals surface area contributed by atoms with E-state index in [1.54, 1.807) is 12.1 Å². The SMILES string of the molecule is CCOCCCc1ccc(B(O)O)cc1. The second-order valence-corrected chi connectivity index (χ2v) is 3.42. The van der Waals surface area contributed by atoms with Crippen molar-refractivity contribution >= 4 is 12.6 Å². The molecule has 0 saturated carbocycles. The normalized spacial score (nSPS) is 10.3. The number of aryl methyl sites for hydroxylation is 1. The molecule has 0 aliphatic carbocycles. The summed E-state index contributed by atoms with van der Waals surface area (Å²) in [5.74, 6) is 0. The van der Waals surface area contributed by atoms with E-state index in [1.165, 1.54) is 5.56 Å². The van der Waals surface area contributed by atoms with Crippen LogP contribution in [0.15, 0.2) is 24.3 Å². The molecule has 0 amide bonds. The molecule has 3 nitrogen and oxygen atoms in total. The van der Waals surface area contributed by atoms with E-state index >= 15 is 0 Å². The highest BCUT2D eigenvalue weighted by Crippen LogP contribution is 2.01. The molecule has 0 aliphatic heterocycles. The lowest BCUT2D eigenvalue weighted by molar-refractivity contribution is 0.145. The zero-order chi connectivity index (χ0) is 11.1. The summed E-state index contributed by atoms with van der Waals surface area (Å²) >= 11 is 0. The lowest BCUT2D eigenvalue weighted by Gasteiger charge is -2.03. The summed E-state index contributed by atoms with van der Waals surface area (Å²) in [6.45, 7) is 3.52. The van der Waals surface area contributed by atoms with Crippen LogP contribution in [0.4, 0.5) is 0 Å². The van der Waals surface area contributed by atoms with Crippen LogP contribution in [0.1, 0.15) is 18.9 Å². The van der Waals surface area contributed by atoms with Gasteiger partial charge in [0.05, 0.1) is 0 Å². The van der Waals surface area contributed by atoms with Gasteiger partial charge in [-0.2, -0.15) is 0 Å². The fourth-order valence-electron chi connectivity index (χ4n) is 1.38. The number of hydrogen-bond donors (Lipinski definition) is 2. The third-order valence-corrected chi connectivity index (χ3v) is 2.24. The Bertz CT molecular complexity index is 272. The maximum atomic E-state index is 8.90. The van der Waals surface area contributed by atoms with Gasteiger partial charge in [0.2, 0.25) is 0 Å². The standard InChI is InChI=1S/C11H17BO3/c1-2-15-9-3-4-10-5-7-11(8-6-10)12(13)14/h5-8,13-14H,2-4,9H2,1H3. The first-order valence-corrected chi connectivity index (χ1v) is 5.26. The second kappa shape index (κ2) is 6.61. The zero-order valence-corrected chi connectivity index (χ0v) is 9.02. The van der Waals surface area contributed by atoms with Gasteiger partial charge in [-0.15, -0.1) is 0 Å². The third kappa shape index (κ3) is 4.47. The van der Waals surface area contributed by atoms with Gasteiger partial charge < -0.3 is 14.8 Å². The molecule has 15 heavy (non-hydrogen) atoms. The molecule has 0 fully saturated rings. The Balaban J connectivity index is 2.36. The molecule has 4 heteroatoms. The van der Waals surface area contributed by atoms with Crippen molar-refractivity contribution in [1.82, 2.24) is 0 Å². The summed E-state index contributed by atoms with van der Waals surface area (Å²) in [4.78, 5) is 0. The lowest BCUT2D eigenvalue weighted by Crippen LogP contribution is -2.29. The van der Waals surface area contributed by atoms with Crippen molar-refractivity contribution in [3.8, 4) is 0 Å². The molecule has 0 atom stereocenters. The van der Waals surface area contributed by atoms with Gasteiger partial charge in [0.1, 0.15) is 0 Å². The van der Waals surface area contributed by atoms with Crippen molar-refractivity contribution in [3.05, 3.63) is 29.8 Å². The van der Waals surface area contributed by atoms with Gasteiger partial charge in [0.25, 0.3) is 0 Å². The summed E-state index contributed by atoms with van der Waals surface area (Å²) in [6.07, 6.45) is 1.96. The Kier molecular flexibility index (Phi) is 5.39. The van der Waals surface area contributed by atoms with Gasteiger partial charge in [0, 0.05) is 13.2 Å². The Morgan fingerprint density at radius 2 is 1.87 bits per heavy atom. The highest BCUT2D eigenvalue weighted by molar-refractivity contribution is 6.58. The summed E-state index contributed by atoms with van der Waals surface area (Å²) in [5, 5.41) is 17.8. The third-order valence-electron chi connectivity index (χ3n) is 2.24. The quantitative estimate of drug-likeness (QED) is 0.523. The highest BCUT2D eigenvalue weighted by atomic mass is 16.5. The number of ether oxygens (including phenoxy) is 1. The maximum Gasteiger partial charge on any atom is 0.488 e. The molecule has 0 bridgehead atoms. The van der Waals surface area contributed by atoms with Crippen LogP contribution >= 0.6 is 0 Å². The van der Waals surface area contributed by atoms with E-state index in [9.17, 15) is 0 Å². The number of hydrogen-bond acceptors (Lipinski definition) is 3. The zero-order valence-electron chi connectivity index (χ0n) is 9.02. The smallest absolute Gasteiger partial charge is 0.423 e. The molecule has 0 unspecified atom stereocenters. The average Bonchev–Trinajstić information content (AvgIpc) is 2.25. The molecule has 82 valence electrons. The average molecular weight is 208 g/mol. The van der Waals surface area contributed by atoms with Crippen molar-refractivity contribution in [1.29, 1.82) is 0 Å². The maximum absolute atomic E-state index is 8.90.